The molecule has 35 heavy (non-hydrogen) atoms. The number of fused-ring (bicyclic) bond motifs is 5. The van der Waals surface area contributed by atoms with E-state index in [-0.39, 0.29) is 23.0 Å². The van der Waals surface area contributed by atoms with E-state index in [2.05, 4.69) is 13.0 Å². The second-order valence-corrected chi connectivity index (χ2v) is 10.3. The first-order chi connectivity index (χ1) is 16.7. The molecule has 184 valence electrons. The summed E-state index contributed by atoms with van der Waals surface area (Å²) < 4.78 is 11.0. The standard InChI is InChI=1S/C27H29NO7/c1-27-13-12-21-20-9-5-18(29)14-16(20)2-8-22(21)23(27)10-11-24(27)35-26(31)15-25(30)34-19-6-3-17(4-7-19)28(32)33/h3-7,9,14,21-24,29H,2,8,10-13,15H2,1H3/t21?,22?,23?,24?,27-/m0/s1. The Kier molecular flexibility index (Phi) is 5.99. The first-order valence-corrected chi connectivity index (χ1v) is 12.2. The second kappa shape index (κ2) is 8.98. The Labute approximate surface area is 203 Å². The van der Waals surface area contributed by atoms with Gasteiger partial charge in [0.15, 0.2) is 0 Å². The van der Waals surface area contributed by atoms with Crippen molar-refractivity contribution in [3.8, 4) is 11.5 Å². The average molecular weight is 480 g/mol. The summed E-state index contributed by atoms with van der Waals surface area (Å²) in [5.74, 6) is 0.571. The van der Waals surface area contributed by atoms with Crippen molar-refractivity contribution in [2.24, 2.45) is 17.3 Å². The largest absolute Gasteiger partial charge is 0.508 e. The van der Waals surface area contributed by atoms with Crippen molar-refractivity contribution < 1.29 is 29.1 Å². The summed E-state index contributed by atoms with van der Waals surface area (Å²) in [5.41, 5.74) is 2.38. The second-order valence-electron chi connectivity index (χ2n) is 10.3. The highest BCUT2D eigenvalue weighted by molar-refractivity contribution is 5.92. The molecule has 0 heterocycles. The third-order valence-corrected chi connectivity index (χ3v) is 8.46. The molecule has 8 nitrogen and oxygen atoms in total. The number of aryl methyl sites for hydroxylation is 1. The van der Waals surface area contributed by atoms with Crippen molar-refractivity contribution in [1.82, 2.24) is 0 Å². The number of nitro groups is 1. The lowest BCUT2D eigenvalue weighted by Crippen LogP contribution is -2.45. The predicted octanol–water partition coefficient (Wildman–Crippen LogP) is 5.06. The molecule has 0 aliphatic heterocycles. The van der Waals surface area contributed by atoms with Gasteiger partial charge >= 0.3 is 11.9 Å². The summed E-state index contributed by atoms with van der Waals surface area (Å²) in [6.07, 6.45) is 5.05. The Morgan fingerprint density at radius 1 is 1.09 bits per heavy atom. The minimum atomic E-state index is -0.751. The minimum absolute atomic E-state index is 0.109. The molecule has 3 aliphatic carbocycles. The molecule has 0 amide bonds. The quantitative estimate of drug-likeness (QED) is 0.209. The number of rotatable bonds is 5. The van der Waals surface area contributed by atoms with Gasteiger partial charge in [-0.1, -0.05) is 13.0 Å². The number of nitro benzene ring substituents is 1. The molecule has 1 N–H and O–H groups in total. The summed E-state index contributed by atoms with van der Waals surface area (Å²) >= 11 is 0. The van der Waals surface area contributed by atoms with Crippen LogP contribution in [-0.4, -0.2) is 28.1 Å². The zero-order valence-electron chi connectivity index (χ0n) is 19.6. The highest BCUT2D eigenvalue weighted by Gasteiger charge is 2.56. The van der Waals surface area contributed by atoms with E-state index in [9.17, 15) is 24.8 Å². The van der Waals surface area contributed by atoms with Crippen molar-refractivity contribution in [2.45, 2.75) is 63.9 Å². The van der Waals surface area contributed by atoms with Crippen molar-refractivity contribution in [1.29, 1.82) is 0 Å². The lowest BCUT2D eigenvalue weighted by Gasteiger charge is -2.50. The number of ether oxygens (including phenoxy) is 2. The SMILES string of the molecule is C[C@]12CCC3c4ccc(O)cc4CCC3C1CCC2OC(=O)CC(=O)Oc1ccc([N+](=O)[O-])cc1. The van der Waals surface area contributed by atoms with Crippen LogP contribution in [0.15, 0.2) is 42.5 Å². The number of esters is 2. The van der Waals surface area contributed by atoms with Crippen molar-refractivity contribution >= 4 is 17.6 Å². The number of aromatic hydroxyl groups is 1. The summed E-state index contributed by atoms with van der Waals surface area (Å²) in [6.45, 7) is 2.22. The van der Waals surface area contributed by atoms with E-state index >= 15 is 0 Å². The monoisotopic (exact) mass is 479 g/mol. The molecular formula is C27H29NO7. The van der Waals surface area contributed by atoms with E-state index in [1.807, 2.05) is 6.07 Å². The van der Waals surface area contributed by atoms with E-state index < -0.39 is 23.3 Å². The molecule has 2 aromatic rings. The fourth-order valence-electron chi connectivity index (χ4n) is 6.84. The van der Waals surface area contributed by atoms with Crippen molar-refractivity contribution in [3.63, 3.8) is 0 Å². The van der Waals surface area contributed by atoms with Crippen LogP contribution in [-0.2, 0) is 20.7 Å². The maximum Gasteiger partial charge on any atom is 0.322 e. The smallest absolute Gasteiger partial charge is 0.322 e. The first kappa shape index (κ1) is 23.3. The molecule has 0 bridgehead atoms. The van der Waals surface area contributed by atoms with E-state index in [1.165, 1.54) is 35.4 Å². The number of carbonyl (C=O) groups is 2. The third-order valence-electron chi connectivity index (χ3n) is 8.46. The van der Waals surface area contributed by atoms with Crippen LogP contribution in [0, 0.1) is 27.4 Å². The van der Waals surface area contributed by atoms with Crippen LogP contribution in [0.2, 0.25) is 0 Å². The molecule has 0 spiro atoms. The number of hydrogen-bond donors (Lipinski definition) is 1. The van der Waals surface area contributed by atoms with E-state index in [1.54, 1.807) is 6.07 Å². The third kappa shape index (κ3) is 4.37. The predicted molar refractivity (Wildman–Crippen MR) is 126 cm³/mol. The Hall–Kier alpha value is -3.42. The maximum absolute atomic E-state index is 12.6. The Bertz CT molecular complexity index is 1160. The van der Waals surface area contributed by atoms with Crippen LogP contribution in [0.1, 0.15) is 62.5 Å². The molecule has 8 heteroatoms. The van der Waals surface area contributed by atoms with Gasteiger partial charge in [-0.2, -0.15) is 0 Å². The van der Waals surface area contributed by atoms with Gasteiger partial charge in [-0.3, -0.25) is 19.7 Å². The van der Waals surface area contributed by atoms with E-state index in [4.69, 9.17) is 9.47 Å². The average Bonchev–Trinajstić information content (AvgIpc) is 3.14. The molecule has 0 saturated heterocycles. The van der Waals surface area contributed by atoms with Crippen LogP contribution >= 0.6 is 0 Å². The highest BCUT2D eigenvalue weighted by Crippen LogP contribution is 2.61. The van der Waals surface area contributed by atoms with Crippen LogP contribution in [0.3, 0.4) is 0 Å². The number of benzene rings is 2. The fourth-order valence-corrected chi connectivity index (χ4v) is 6.84. The Morgan fingerprint density at radius 2 is 1.86 bits per heavy atom. The first-order valence-electron chi connectivity index (χ1n) is 12.2. The van der Waals surface area contributed by atoms with Gasteiger partial charge in [0, 0.05) is 17.5 Å². The van der Waals surface area contributed by atoms with Crippen LogP contribution in [0.5, 0.6) is 11.5 Å². The maximum atomic E-state index is 12.6. The molecule has 0 radical (unpaired) electrons. The van der Waals surface area contributed by atoms with Gasteiger partial charge in [0.1, 0.15) is 24.0 Å². The van der Waals surface area contributed by atoms with Gasteiger partial charge in [-0.05, 0) is 91.7 Å². The summed E-state index contributed by atoms with van der Waals surface area (Å²) in [4.78, 5) is 35.0. The molecule has 4 unspecified atom stereocenters. The molecule has 5 rings (SSSR count). The van der Waals surface area contributed by atoms with E-state index in [0.717, 1.165) is 38.5 Å². The van der Waals surface area contributed by atoms with Crippen molar-refractivity contribution in [2.75, 3.05) is 0 Å². The number of carbonyl (C=O) groups excluding carboxylic acids is 2. The molecule has 2 fully saturated rings. The van der Waals surface area contributed by atoms with Crippen LogP contribution in [0.25, 0.3) is 0 Å². The zero-order valence-corrected chi connectivity index (χ0v) is 19.6. The van der Waals surface area contributed by atoms with Crippen molar-refractivity contribution in [3.05, 3.63) is 63.7 Å². The number of hydrogen-bond acceptors (Lipinski definition) is 7. The topological polar surface area (TPSA) is 116 Å². The number of phenolic OH excluding ortho intramolecular Hbond substituents is 1. The fraction of sp³-hybridized carbons (Fsp3) is 0.481. The number of non-ortho nitro benzene ring substituents is 1. The number of phenols is 1. The molecule has 2 saturated carbocycles. The summed E-state index contributed by atoms with van der Waals surface area (Å²) in [5, 5.41) is 20.6. The van der Waals surface area contributed by atoms with Gasteiger partial charge < -0.3 is 14.6 Å². The zero-order chi connectivity index (χ0) is 24.7. The molecule has 3 aliphatic rings. The van der Waals surface area contributed by atoms with Gasteiger partial charge in [0.25, 0.3) is 5.69 Å². The Balaban J connectivity index is 1.20. The van der Waals surface area contributed by atoms with Gasteiger partial charge in [-0.25, -0.2) is 0 Å². The Morgan fingerprint density at radius 3 is 2.60 bits per heavy atom. The minimum Gasteiger partial charge on any atom is -0.508 e. The van der Waals surface area contributed by atoms with Gasteiger partial charge in [-0.15, -0.1) is 0 Å². The van der Waals surface area contributed by atoms with Gasteiger partial charge in [0.2, 0.25) is 0 Å². The molecular weight excluding hydrogens is 450 g/mol. The van der Waals surface area contributed by atoms with E-state index in [0.29, 0.717) is 23.5 Å². The summed E-state index contributed by atoms with van der Waals surface area (Å²) in [7, 11) is 0. The number of nitrogens with zero attached hydrogens (tertiary/aromatic N) is 1. The van der Waals surface area contributed by atoms with Crippen LogP contribution < -0.4 is 4.74 Å². The van der Waals surface area contributed by atoms with Crippen LogP contribution in [0.4, 0.5) is 5.69 Å². The van der Waals surface area contributed by atoms with Gasteiger partial charge in [0.05, 0.1) is 4.92 Å². The molecule has 0 aromatic heterocycles. The normalized spacial score (nSPS) is 28.8. The molecule has 5 atom stereocenters. The highest BCUT2D eigenvalue weighted by atomic mass is 16.6. The molecule has 2 aromatic carbocycles. The summed E-state index contributed by atoms with van der Waals surface area (Å²) in [6, 6.07) is 10.9. The lowest BCUT2D eigenvalue weighted by atomic mass is 9.55. The lowest BCUT2D eigenvalue weighted by molar-refractivity contribution is -0.384.